The molecule has 3 aromatic heterocycles. The van der Waals surface area contributed by atoms with Crippen LogP contribution in [0.2, 0.25) is 0 Å². The summed E-state index contributed by atoms with van der Waals surface area (Å²) in [6.07, 6.45) is 1.37. The minimum Gasteiger partial charge on any atom is -0.505 e. The molecule has 1 saturated heterocycles. The van der Waals surface area contributed by atoms with Gasteiger partial charge in [-0.05, 0) is 74.1 Å². The van der Waals surface area contributed by atoms with Crippen LogP contribution in [0.1, 0.15) is 58.8 Å². The number of aromatic nitrogens is 5. The van der Waals surface area contributed by atoms with Gasteiger partial charge in [0.2, 0.25) is 11.7 Å². The van der Waals surface area contributed by atoms with Crippen LogP contribution in [0.4, 0.5) is 18.9 Å². The highest BCUT2D eigenvalue weighted by molar-refractivity contribution is 5.95. The number of piperidine rings is 1. The van der Waals surface area contributed by atoms with Crippen molar-refractivity contribution >= 4 is 28.9 Å². The lowest BCUT2D eigenvalue weighted by atomic mass is 9.74. The highest BCUT2D eigenvalue weighted by atomic mass is 19.4. The fourth-order valence-corrected chi connectivity index (χ4v) is 6.84. The van der Waals surface area contributed by atoms with Gasteiger partial charge in [0.1, 0.15) is 12.3 Å². The Labute approximate surface area is 265 Å². The molecule has 3 aliphatic rings. The van der Waals surface area contributed by atoms with Crippen LogP contribution in [0.15, 0.2) is 53.5 Å². The van der Waals surface area contributed by atoms with Gasteiger partial charge in [-0.15, -0.1) is 5.10 Å². The predicted molar refractivity (Wildman–Crippen MR) is 162 cm³/mol. The molecule has 0 atom stereocenters. The largest absolute Gasteiger partial charge is 0.505 e. The molecule has 1 aliphatic carbocycles. The van der Waals surface area contributed by atoms with E-state index in [0.29, 0.717) is 75.5 Å². The van der Waals surface area contributed by atoms with Crippen molar-refractivity contribution in [2.75, 3.05) is 31.6 Å². The molecule has 0 saturated carbocycles. The number of aromatic hydroxyl groups is 1. The second-order valence-corrected chi connectivity index (χ2v) is 12.0. The monoisotopic (exact) mass is 649 g/mol. The van der Waals surface area contributed by atoms with Crippen LogP contribution >= 0.6 is 0 Å². The van der Waals surface area contributed by atoms with Crippen LogP contribution in [0.3, 0.4) is 0 Å². The highest BCUT2D eigenvalue weighted by Crippen LogP contribution is 2.45. The number of rotatable bonds is 5. The first-order valence-electron chi connectivity index (χ1n) is 15.2. The van der Waals surface area contributed by atoms with E-state index in [1.165, 1.54) is 35.0 Å². The van der Waals surface area contributed by atoms with Crippen LogP contribution < -0.4 is 10.9 Å². The maximum atomic E-state index is 14.2. The molecule has 0 bridgehead atoms. The number of ether oxygens (including phenoxy) is 1. The lowest BCUT2D eigenvalue weighted by molar-refractivity contribution is -0.137. The minimum atomic E-state index is -4.50. The molecule has 0 unspecified atom stereocenters. The van der Waals surface area contributed by atoms with E-state index in [2.05, 4.69) is 20.4 Å². The molecule has 1 fully saturated rings. The van der Waals surface area contributed by atoms with Gasteiger partial charge in [0.05, 0.1) is 18.8 Å². The van der Waals surface area contributed by atoms with E-state index in [9.17, 15) is 32.7 Å². The minimum absolute atomic E-state index is 0.0315. The molecule has 5 heterocycles. The first-order chi connectivity index (χ1) is 22.5. The third kappa shape index (κ3) is 5.53. The van der Waals surface area contributed by atoms with E-state index >= 15 is 0 Å². The maximum absolute atomic E-state index is 14.2. The summed E-state index contributed by atoms with van der Waals surface area (Å²) < 4.78 is 47.4. The number of fused-ring (bicyclic) bond motifs is 3. The molecule has 2 N–H and O–H groups in total. The Morgan fingerprint density at radius 3 is 2.51 bits per heavy atom. The normalized spacial score (nSPS) is 17.5. The van der Waals surface area contributed by atoms with E-state index < -0.39 is 29.0 Å². The molecule has 1 spiro atoms. The van der Waals surface area contributed by atoms with Crippen molar-refractivity contribution < 1.29 is 32.6 Å². The van der Waals surface area contributed by atoms with Gasteiger partial charge < -0.3 is 24.6 Å². The van der Waals surface area contributed by atoms with Crippen molar-refractivity contribution in [1.29, 1.82) is 0 Å². The number of nitrogens with zero attached hydrogens (tertiary/aromatic N) is 6. The summed E-state index contributed by atoms with van der Waals surface area (Å²) >= 11 is 0. The molecule has 12 nitrogen and oxygen atoms in total. The number of nitrogens with one attached hydrogen (secondary N) is 1. The number of halogens is 3. The fourth-order valence-electron chi connectivity index (χ4n) is 6.84. The first-order valence-corrected chi connectivity index (χ1v) is 15.2. The second kappa shape index (κ2) is 11.6. The molecule has 1 aromatic carbocycles. The zero-order valence-electron chi connectivity index (χ0n) is 25.1. The number of hydrogen-bond donors (Lipinski definition) is 2. The SMILES string of the molecule is O=C(Cn1c2c(c(=O)n3nc(C4=CCOCC4)nc13)C1(CC2)CCN(C(=O)c2ncccc2O)CC1)Nc1ccc(C(F)(F)F)cc1. The van der Waals surface area contributed by atoms with Crippen molar-refractivity contribution in [2.24, 2.45) is 0 Å². The van der Waals surface area contributed by atoms with E-state index in [1.54, 1.807) is 9.47 Å². The van der Waals surface area contributed by atoms with Crippen molar-refractivity contribution in [3.05, 3.63) is 87.4 Å². The molecular formula is C32H30F3N7O5. The van der Waals surface area contributed by atoms with Crippen molar-refractivity contribution in [3.63, 3.8) is 0 Å². The first kappa shape index (κ1) is 30.6. The number of benzene rings is 1. The number of amides is 2. The van der Waals surface area contributed by atoms with Gasteiger partial charge in [-0.1, -0.05) is 6.08 Å². The maximum Gasteiger partial charge on any atom is 0.416 e. The smallest absolute Gasteiger partial charge is 0.416 e. The Bertz CT molecular complexity index is 1980. The van der Waals surface area contributed by atoms with Crippen LogP contribution in [0.25, 0.3) is 11.4 Å². The van der Waals surface area contributed by atoms with Gasteiger partial charge in [-0.2, -0.15) is 22.7 Å². The predicted octanol–water partition coefficient (Wildman–Crippen LogP) is 3.57. The fraction of sp³-hybridized carbons (Fsp3) is 0.375. The average Bonchev–Trinajstić information content (AvgIpc) is 3.67. The highest BCUT2D eigenvalue weighted by Gasteiger charge is 2.46. The molecular weight excluding hydrogens is 619 g/mol. The van der Waals surface area contributed by atoms with Crippen molar-refractivity contribution in [3.8, 4) is 5.75 Å². The molecule has 0 radical (unpaired) electrons. The number of carbonyl (C=O) groups is 2. The van der Waals surface area contributed by atoms with E-state index in [-0.39, 0.29) is 35.0 Å². The number of likely N-dealkylation sites (tertiary alicyclic amines) is 1. The zero-order valence-corrected chi connectivity index (χ0v) is 25.1. The van der Waals surface area contributed by atoms with Crippen molar-refractivity contribution in [2.45, 2.75) is 50.2 Å². The Morgan fingerprint density at radius 2 is 1.83 bits per heavy atom. The molecule has 7 rings (SSSR count). The summed E-state index contributed by atoms with van der Waals surface area (Å²) in [5, 5.41) is 17.4. The molecule has 2 aliphatic heterocycles. The zero-order chi connectivity index (χ0) is 32.9. The number of pyridine rings is 1. The van der Waals surface area contributed by atoms with Gasteiger partial charge in [0.25, 0.3) is 11.5 Å². The van der Waals surface area contributed by atoms with E-state index in [1.807, 2.05) is 6.08 Å². The molecule has 4 aromatic rings. The van der Waals surface area contributed by atoms with Crippen LogP contribution in [0.5, 0.6) is 5.75 Å². The lowest BCUT2D eigenvalue weighted by Crippen LogP contribution is -2.46. The second-order valence-electron chi connectivity index (χ2n) is 12.0. The molecule has 2 amide bonds. The number of alkyl halides is 3. The Morgan fingerprint density at radius 1 is 1.06 bits per heavy atom. The topological polar surface area (TPSA) is 144 Å². The summed E-state index contributed by atoms with van der Waals surface area (Å²) in [5.41, 5.74) is 0.405. The third-order valence-electron chi connectivity index (χ3n) is 9.27. The van der Waals surface area contributed by atoms with Gasteiger partial charge >= 0.3 is 6.18 Å². The number of hydrogen-bond acceptors (Lipinski definition) is 8. The molecule has 244 valence electrons. The summed E-state index contributed by atoms with van der Waals surface area (Å²) in [4.78, 5) is 51.1. The van der Waals surface area contributed by atoms with E-state index in [0.717, 1.165) is 17.7 Å². The lowest BCUT2D eigenvalue weighted by Gasteiger charge is -2.39. The van der Waals surface area contributed by atoms with Gasteiger partial charge in [-0.3, -0.25) is 14.4 Å². The Balaban J connectivity index is 1.23. The number of anilines is 1. The van der Waals surface area contributed by atoms with Crippen molar-refractivity contribution in [1.82, 2.24) is 29.0 Å². The summed E-state index contributed by atoms with van der Waals surface area (Å²) in [5.74, 6) is -0.561. The number of carbonyl (C=O) groups excluding carboxylic acids is 2. The summed E-state index contributed by atoms with van der Waals surface area (Å²) in [7, 11) is 0. The Hall–Kier alpha value is -5.05. The van der Waals surface area contributed by atoms with Gasteiger partial charge in [-0.25, -0.2) is 4.98 Å². The molecule has 47 heavy (non-hydrogen) atoms. The van der Waals surface area contributed by atoms with Gasteiger partial charge in [0, 0.05) is 41.6 Å². The molecule has 15 heteroatoms. The van der Waals surface area contributed by atoms with Gasteiger partial charge in [0.15, 0.2) is 11.5 Å². The summed E-state index contributed by atoms with van der Waals surface area (Å²) in [6, 6.07) is 7.11. The third-order valence-corrected chi connectivity index (χ3v) is 9.27. The standard InChI is InChI=1S/C32H30F3N7O5/c33-32(34,35)20-3-5-21(6-4-20)37-24(44)18-41-22-7-10-31(11-14-40(15-12-31)29(46)26-23(43)2-1-13-36-26)25(22)28(45)42-30(41)38-27(39-42)19-8-16-47-17-9-19/h1-6,8,13,43H,7,9-12,14-18H2,(H,37,44). The Kier molecular flexibility index (Phi) is 7.57. The quantitative estimate of drug-likeness (QED) is 0.334. The van der Waals surface area contributed by atoms with Crippen LogP contribution in [0, 0.1) is 0 Å². The van der Waals surface area contributed by atoms with Crippen LogP contribution in [-0.4, -0.2) is 72.3 Å². The van der Waals surface area contributed by atoms with E-state index in [4.69, 9.17) is 4.74 Å². The van der Waals surface area contributed by atoms with Crippen LogP contribution in [-0.2, 0) is 34.1 Å². The summed E-state index contributed by atoms with van der Waals surface area (Å²) in [6.45, 7) is 1.26. The average molecular weight is 650 g/mol.